The Balaban J connectivity index is 2.29. The lowest BCUT2D eigenvalue weighted by molar-refractivity contribution is -0.133. The van der Waals surface area contributed by atoms with Crippen LogP contribution in [0.5, 0.6) is 0 Å². The summed E-state index contributed by atoms with van der Waals surface area (Å²) in [6.45, 7) is 0.396. The Morgan fingerprint density at radius 1 is 1.48 bits per heavy atom. The highest BCUT2D eigenvalue weighted by atomic mass is 35.5. The van der Waals surface area contributed by atoms with E-state index in [0.717, 1.165) is 17.3 Å². The number of ether oxygens (including phenoxy) is 1. The van der Waals surface area contributed by atoms with Crippen molar-refractivity contribution in [1.82, 2.24) is 9.55 Å². The highest BCUT2D eigenvalue weighted by Gasteiger charge is 2.13. The third-order valence-corrected chi connectivity index (χ3v) is 3.76. The van der Waals surface area contributed by atoms with E-state index in [0.29, 0.717) is 22.2 Å². The number of aliphatic carboxylic acids is 1. The second-order valence-corrected chi connectivity index (χ2v) is 5.41. The predicted molar refractivity (Wildman–Crippen MR) is 78.6 cm³/mol. The van der Waals surface area contributed by atoms with Crippen molar-refractivity contribution in [1.29, 1.82) is 0 Å². The van der Waals surface area contributed by atoms with E-state index in [-0.39, 0.29) is 12.4 Å². The Morgan fingerprint density at radius 3 is 2.90 bits per heavy atom. The summed E-state index contributed by atoms with van der Waals surface area (Å²) in [6, 6.07) is 5.18. The number of thioether (sulfide) groups is 1. The molecule has 2 rings (SSSR count). The number of aromatic nitrogens is 2. The van der Waals surface area contributed by atoms with Crippen LogP contribution in [0.15, 0.2) is 23.4 Å². The highest BCUT2D eigenvalue weighted by Crippen LogP contribution is 2.26. The van der Waals surface area contributed by atoms with Gasteiger partial charge in [-0.05, 0) is 18.2 Å². The Hall–Kier alpha value is -1.93. The minimum Gasteiger partial charge on any atom is -0.481 e. The van der Waals surface area contributed by atoms with E-state index in [1.165, 1.54) is 0 Å². The van der Waals surface area contributed by atoms with Crippen LogP contribution < -0.4 is 5.73 Å². The number of amides is 1. The maximum absolute atomic E-state index is 10.7. The van der Waals surface area contributed by atoms with Crippen LogP contribution in [0, 0.1) is 0 Å². The number of carboxylic acid groups (broad SMARTS) is 1. The Labute approximate surface area is 129 Å². The van der Waals surface area contributed by atoms with Crippen molar-refractivity contribution in [3.63, 3.8) is 0 Å². The molecule has 3 N–H and O–H groups in total. The largest absolute Gasteiger partial charge is 0.481 e. The van der Waals surface area contributed by atoms with Gasteiger partial charge in [0.05, 0.1) is 23.3 Å². The average Bonchev–Trinajstić information content (AvgIpc) is 2.73. The minimum absolute atomic E-state index is 0.0735. The number of carbonyl (C=O) groups excluding carboxylic acids is 1. The number of nitrogens with zero attached hydrogens (tertiary/aromatic N) is 2. The highest BCUT2D eigenvalue weighted by molar-refractivity contribution is 7.99. The number of nitrogens with two attached hydrogens (primary N) is 1. The molecular formula is C12H12ClN3O4S. The molecule has 9 heteroatoms. The topological polar surface area (TPSA) is 107 Å². The number of imidazole rings is 1. The summed E-state index contributed by atoms with van der Waals surface area (Å²) in [4.78, 5) is 25.7. The third kappa shape index (κ3) is 4.02. The van der Waals surface area contributed by atoms with Crippen LogP contribution in [-0.2, 0) is 16.1 Å². The van der Waals surface area contributed by atoms with Gasteiger partial charge in [0, 0.05) is 5.02 Å². The molecule has 1 aromatic heterocycles. The number of fused-ring (bicyclic) bond motifs is 1. The fourth-order valence-corrected chi connectivity index (χ4v) is 2.70. The summed E-state index contributed by atoms with van der Waals surface area (Å²) in [5, 5.41) is 9.82. The first-order valence-corrected chi connectivity index (χ1v) is 7.26. The molecule has 0 atom stereocenters. The lowest BCUT2D eigenvalue weighted by Crippen LogP contribution is -2.17. The van der Waals surface area contributed by atoms with Gasteiger partial charge in [-0.2, -0.15) is 0 Å². The van der Waals surface area contributed by atoms with Crippen LogP contribution in [0.1, 0.15) is 0 Å². The van der Waals surface area contributed by atoms with Crippen molar-refractivity contribution in [3.8, 4) is 0 Å². The van der Waals surface area contributed by atoms with E-state index in [9.17, 15) is 9.59 Å². The molecule has 1 amide bonds. The first-order chi connectivity index (χ1) is 9.97. The molecule has 0 aliphatic rings. The smallest absolute Gasteiger partial charge is 0.404 e. The van der Waals surface area contributed by atoms with Crippen molar-refractivity contribution >= 4 is 46.5 Å². The summed E-state index contributed by atoms with van der Waals surface area (Å²) in [7, 11) is 0. The van der Waals surface area contributed by atoms with Gasteiger partial charge in [-0.1, -0.05) is 23.4 Å². The monoisotopic (exact) mass is 329 g/mol. The molecule has 2 aromatic rings. The zero-order valence-corrected chi connectivity index (χ0v) is 12.4. The van der Waals surface area contributed by atoms with Crippen LogP contribution in [-0.4, -0.2) is 39.1 Å². The molecule has 7 nitrogen and oxygen atoms in total. The number of halogens is 1. The van der Waals surface area contributed by atoms with Gasteiger partial charge >= 0.3 is 12.1 Å². The van der Waals surface area contributed by atoms with E-state index in [2.05, 4.69) is 4.98 Å². The van der Waals surface area contributed by atoms with Gasteiger partial charge in [-0.3, -0.25) is 4.79 Å². The fourth-order valence-electron chi connectivity index (χ4n) is 1.77. The summed E-state index contributed by atoms with van der Waals surface area (Å²) < 4.78 is 6.47. The molecular weight excluding hydrogens is 318 g/mol. The Bertz CT molecular complexity index is 688. The number of hydrogen-bond acceptors (Lipinski definition) is 5. The van der Waals surface area contributed by atoms with Gasteiger partial charge in [-0.25, -0.2) is 9.78 Å². The number of carbonyl (C=O) groups is 2. The lowest BCUT2D eigenvalue weighted by Gasteiger charge is -2.08. The van der Waals surface area contributed by atoms with Gasteiger partial charge in [-0.15, -0.1) is 0 Å². The Morgan fingerprint density at radius 2 is 2.24 bits per heavy atom. The van der Waals surface area contributed by atoms with E-state index in [4.69, 9.17) is 27.2 Å². The maximum atomic E-state index is 10.7. The first-order valence-electron chi connectivity index (χ1n) is 5.90. The van der Waals surface area contributed by atoms with Crippen LogP contribution in [0.2, 0.25) is 5.02 Å². The van der Waals surface area contributed by atoms with Crippen molar-refractivity contribution in [3.05, 3.63) is 23.2 Å². The number of carboxylic acids is 1. The van der Waals surface area contributed by atoms with Gasteiger partial charge in [0.1, 0.15) is 6.61 Å². The molecule has 112 valence electrons. The molecule has 0 bridgehead atoms. The second-order valence-electron chi connectivity index (χ2n) is 4.03. The molecule has 0 saturated carbocycles. The fraction of sp³-hybridized carbons (Fsp3) is 0.250. The van der Waals surface area contributed by atoms with Crippen molar-refractivity contribution in [2.45, 2.75) is 11.7 Å². The number of primary amides is 1. The summed E-state index contributed by atoms with van der Waals surface area (Å²) >= 11 is 7.00. The normalized spacial score (nSPS) is 10.7. The predicted octanol–water partition coefficient (Wildman–Crippen LogP) is 1.96. The molecule has 21 heavy (non-hydrogen) atoms. The van der Waals surface area contributed by atoms with Gasteiger partial charge in [0.25, 0.3) is 0 Å². The van der Waals surface area contributed by atoms with Gasteiger partial charge < -0.3 is 20.1 Å². The molecule has 0 spiro atoms. The van der Waals surface area contributed by atoms with Crippen molar-refractivity contribution < 1.29 is 19.4 Å². The number of benzene rings is 1. The van der Waals surface area contributed by atoms with E-state index >= 15 is 0 Å². The van der Waals surface area contributed by atoms with Crippen LogP contribution in [0.25, 0.3) is 11.0 Å². The minimum atomic E-state index is -0.940. The Kier molecular flexibility index (Phi) is 4.92. The molecule has 1 heterocycles. The number of hydrogen-bond donors (Lipinski definition) is 2. The average molecular weight is 330 g/mol. The van der Waals surface area contributed by atoms with Crippen molar-refractivity contribution in [2.24, 2.45) is 5.73 Å². The molecule has 1 aromatic carbocycles. The van der Waals surface area contributed by atoms with Gasteiger partial charge in [0.2, 0.25) is 0 Å². The number of rotatable bonds is 6. The molecule has 0 saturated heterocycles. The molecule has 0 aliphatic heterocycles. The lowest BCUT2D eigenvalue weighted by atomic mass is 10.3. The molecule has 0 fully saturated rings. The quantitative estimate of drug-likeness (QED) is 0.784. The first kappa shape index (κ1) is 15.5. The zero-order valence-electron chi connectivity index (χ0n) is 10.8. The second kappa shape index (κ2) is 6.68. The van der Waals surface area contributed by atoms with Crippen LogP contribution in [0.3, 0.4) is 0 Å². The summed E-state index contributed by atoms with van der Waals surface area (Å²) in [6.07, 6.45) is -0.859. The third-order valence-electron chi connectivity index (χ3n) is 2.56. The van der Waals surface area contributed by atoms with Crippen LogP contribution in [0.4, 0.5) is 4.79 Å². The SMILES string of the molecule is NC(=O)OCCn1c(SCC(=O)O)nc2cc(Cl)ccc21. The zero-order chi connectivity index (χ0) is 15.4. The van der Waals surface area contributed by atoms with Crippen LogP contribution >= 0.6 is 23.4 Å². The molecule has 0 aliphatic carbocycles. The van der Waals surface area contributed by atoms with E-state index in [1.54, 1.807) is 22.8 Å². The maximum Gasteiger partial charge on any atom is 0.404 e. The molecule has 0 unspecified atom stereocenters. The standard InChI is InChI=1S/C12H12ClN3O4S/c13-7-1-2-9-8(5-7)15-12(21-6-10(17)18)16(9)3-4-20-11(14)19/h1-2,5H,3-4,6H2,(H2,14,19)(H,17,18). The molecule has 0 radical (unpaired) electrons. The summed E-state index contributed by atoms with van der Waals surface area (Å²) in [5.74, 6) is -1.06. The van der Waals surface area contributed by atoms with E-state index < -0.39 is 12.1 Å². The van der Waals surface area contributed by atoms with E-state index in [1.807, 2.05) is 0 Å². The summed E-state index contributed by atoms with van der Waals surface area (Å²) in [5.41, 5.74) is 6.34. The van der Waals surface area contributed by atoms with Gasteiger partial charge in [0.15, 0.2) is 5.16 Å². The van der Waals surface area contributed by atoms with Crippen molar-refractivity contribution in [2.75, 3.05) is 12.4 Å².